The normalized spacial score (nSPS) is 23.3. The molecule has 1 aliphatic rings. The minimum absolute atomic E-state index is 0.793. The van der Waals surface area contributed by atoms with Gasteiger partial charge in [-0.1, -0.05) is 0 Å². The first kappa shape index (κ1) is 8.75. The SMILES string of the molecule is Cc1cncn1CC1CCCNC1. The van der Waals surface area contributed by atoms with Crippen LogP contribution in [0.3, 0.4) is 0 Å². The Labute approximate surface area is 79.2 Å². The lowest BCUT2D eigenvalue weighted by Crippen LogP contribution is -2.32. The quantitative estimate of drug-likeness (QED) is 0.739. The molecule has 0 amide bonds. The summed E-state index contributed by atoms with van der Waals surface area (Å²) >= 11 is 0. The number of aryl methyl sites for hydroxylation is 1. The lowest BCUT2D eigenvalue weighted by Gasteiger charge is -2.23. The van der Waals surface area contributed by atoms with Crippen molar-refractivity contribution in [2.75, 3.05) is 13.1 Å². The van der Waals surface area contributed by atoms with E-state index in [-0.39, 0.29) is 0 Å². The number of piperidine rings is 1. The van der Waals surface area contributed by atoms with Crippen molar-refractivity contribution in [3.05, 3.63) is 18.2 Å². The molecule has 72 valence electrons. The molecule has 3 heteroatoms. The molecule has 0 aromatic carbocycles. The number of nitrogens with zero attached hydrogens (tertiary/aromatic N) is 2. The van der Waals surface area contributed by atoms with Crippen molar-refractivity contribution in [2.24, 2.45) is 5.92 Å². The molecule has 2 rings (SSSR count). The fraction of sp³-hybridized carbons (Fsp3) is 0.700. The fourth-order valence-electron chi connectivity index (χ4n) is 1.94. The molecule has 1 fully saturated rings. The van der Waals surface area contributed by atoms with Gasteiger partial charge in [0.25, 0.3) is 0 Å². The maximum atomic E-state index is 4.13. The Bertz CT molecular complexity index is 261. The third-order valence-corrected chi connectivity index (χ3v) is 2.77. The van der Waals surface area contributed by atoms with Crippen LogP contribution in [0.5, 0.6) is 0 Å². The minimum Gasteiger partial charge on any atom is -0.335 e. The highest BCUT2D eigenvalue weighted by molar-refractivity contribution is 4.94. The van der Waals surface area contributed by atoms with Crippen molar-refractivity contribution in [2.45, 2.75) is 26.3 Å². The van der Waals surface area contributed by atoms with E-state index in [4.69, 9.17) is 0 Å². The molecule has 0 bridgehead atoms. The molecule has 3 nitrogen and oxygen atoms in total. The van der Waals surface area contributed by atoms with E-state index in [2.05, 4.69) is 21.8 Å². The van der Waals surface area contributed by atoms with E-state index in [1.807, 2.05) is 12.5 Å². The zero-order chi connectivity index (χ0) is 9.10. The standard InChI is InChI=1S/C10H17N3/c1-9-5-12-8-13(9)7-10-3-2-4-11-6-10/h5,8,10-11H,2-4,6-7H2,1H3. The number of hydrogen-bond donors (Lipinski definition) is 1. The van der Waals surface area contributed by atoms with E-state index < -0.39 is 0 Å². The van der Waals surface area contributed by atoms with E-state index in [1.54, 1.807) is 0 Å². The van der Waals surface area contributed by atoms with E-state index >= 15 is 0 Å². The Hall–Kier alpha value is -0.830. The average Bonchev–Trinajstić information content (AvgIpc) is 2.54. The summed E-state index contributed by atoms with van der Waals surface area (Å²) in [6.07, 6.45) is 6.53. The second-order valence-electron chi connectivity index (χ2n) is 3.90. The Morgan fingerprint density at radius 1 is 1.69 bits per heavy atom. The second-order valence-corrected chi connectivity index (χ2v) is 3.90. The highest BCUT2D eigenvalue weighted by Crippen LogP contribution is 2.13. The molecular weight excluding hydrogens is 162 g/mol. The van der Waals surface area contributed by atoms with Gasteiger partial charge in [0.1, 0.15) is 0 Å². The Kier molecular flexibility index (Phi) is 2.64. The van der Waals surface area contributed by atoms with Crippen molar-refractivity contribution in [1.29, 1.82) is 0 Å². The molecule has 0 radical (unpaired) electrons. The highest BCUT2D eigenvalue weighted by Gasteiger charge is 2.13. The average molecular weight is 179 g/mol. The Balaban J connectivity index is 1.93. The lowest BCUT2D eigenvalue weighted by molar-refractivity contribution is 0.335. The zero-order valence-corrected chi connectivity index (χ0v) is 8.16. The van der Waals surface area contributed by atoms with Gasteiger partial charge in [-0.2, -0.15) is 0 Å². The highest BCUT2D eigenvalue weighted by atomic mass is 15.0. The summed E-state index contributed by atoms with van der Waals surface area (Å²) in [6, 6.07) is 0. The van der Waals surface area contributed by atoms with Gasteiger partial charge in [0.2, 0.25) is 0 Å². The molecular formula is C10H17N3. The summed E-state index contributed by atoms with van der Waals surface area (Å²) in [4.78, 5) is 4.13. The zero-order valence-electron chi connectivity index (χ0n) is 8.16. The molecule has 0 saturated carbocycles. The van der Waals surface area contributed by atoms with Gasteiger partial charge in [-0.15, -0.1) is 0 Å². The van der Waals surface area contributed by atoms with Crippen LogP contribution in [0.1, 0.15) is 18.5 Å². The third kappa shape index (κ3) is 2.10. The van der Waals surface area contributed by atoms with Gasteiger partial charge in [-0.05, 0) is 38.8 Å². The van der Waals surface area contributed by atoms with Crippen LogP contribution in [-0.2, 0) is 6.54 Å². The summed E-state index contributed by atoms with van der Waals surface area (Å²) in [5, 5.41) is 3.43. The lowest BCUT2D eigenvalue weighted by atomic mass is 10.00. The van der Waals surface area contributed by atoms with Crippen LogP contribution < -0.4 is 5.32 Å². The predicted octanol–water partition coefficient (Wildman–Crippen LogP) is 1.19. The number of nitrogens with one attached hydrogen (secondary N) is 1. The molecule has 1 aliphatic heterocycles. The van der Waals surface area contributed by atoms with Gasteiger partial charge in [-0.25, -0.2) is 4.98 Å². The molecule has 13 heavy (non-hydrogen) atoms. The predicted molar refractivity (Wildman–Crippen MR) is 52.6 cm³/mol. The third-order valence-electron chi connectivity index (χ3n) is 2.77. The van der Waals surface area contributed by atoms with Gasteiger partial charge >= 0.3 is 0 Å². The van der Waals surface area contributed by atoms with E-state index in [0.29, 0.717) is 0 Å². The topological polar surface area (TPSA) is 29.9 Å². The van der Waals surface area contributed by atoms with Crippen molar-refractivity contribution < 1.29 is 0 Å². The number of rotatable bonds is 2. The largest absolute Gasteiger partial charge is 0.335 e. The molecule has 1 saturated heterocycles. The maximum absolute atomic E-state index is 4.13. The maximum Gasteiger partial charge on any atom is 0.0948 e. The van der Waals surface area contributed by atoms with E-state index in [1.165, 1.54) is 25.1 Å². The van der Waals surface area contributed by atoms with Gasteiger partial charge in [0.15, 0.2) is 0 Å². The van der Waals surface area contributed by atoms with Gasteiger partial charge in [0, 0.05) is 18.4 Å². The van der Waals surface area contributed by atoms with Crippen LogP contribution in [0.4, 0.5) is 0 Å². The van der Waals surface area contributed by atoms with Crippen LogP contribution >= 0.6 is 0 Å². The van der Waals surface area contributed by atoms with Crippen molar-refractivity contribution in [3.63, 3.8) is 0 Å². The summed E-state index contributed by atoms with van der Waals surface area (Å²) in [6.45, 7) is 5.60. The van der Waals surface area contributed by atoms with Crippen LogP contribution in [0.15, 0.2) is 12.5 Å². The molecule has 1 unspecified atom stereocenters. The first-order valence-corrected chi connectivity index (χ1v) is 5.03. The van der Waals surface area contributed by atoms with Crippen LogP contribution in [0.2, 0.25) is 0 Å². The van der Waals surface area contributed by atoms with Crippen LogP contribution in [-0.4, -0.2) is 22.6 Å². The van der Waals surface area contributed by atoms with Crippen LogP contribution in [0.25, 0.3) is 0 Å². The Morgan fingerprint density at radius 3 is 3.23 bits per heavy atom. The number of imidazole rings is 1. The summed E-state index contributed by atoms with van der Waals surface area (Å²) in [5.74, 6) is 0.793. The van der Waals surface area contributed by atoms with Gasteiger partial charge in [0.05, 0.1) is 6.33 Å². The monoisotopic (exact) mass is 179 g/mol. The first-order valence-electron chi connectivity index (χ1n) is 5.03. The second kappa shape index (κ2) is 3.92. The molecule has 1 atom stereocenters. The molecule has 2 heterocycles. The first-order chi connectivity index (χ1) is 6.36. The Morgan fingerprint density at radius 2 is 2.62 bits per heavy atom. The summed E-state index contributed by atoms with van der Waals surface area (Å²) < 4.78 is 2.25. The number of hydrogen-bond acceptors (Lipinski definition) is 2. The molecule has 0 spiro atoms. The minimum atomic E-state index is 0.793. The van der Waals surface area contributed by atoms with E-state index in [9.17, 15) is 0 Å². The summed E-state index contributed by atoms with van der Waals surface area (Å²) in [7, 11) is 0. The molecule has 1 aromatic heterocycles. The number of aromatic nitrogens is 2. The molecule has 1 N–H and O–H groups in total. The van der Waals surface area contributed by atoms with Crippen LogP contribution in [0, 0.1) is 12.8 Å². The fourth-order valence-corrected chi connectivity index (χ4v) is 1.94. The van der Waals surface area contributed by atoms with Gasteiger partial charge < -0.3 is 9.88 Å². The van der Waals surface area contributed by atoms with Crippen molar-refractivity contribution in [3.8, 4) is 0 Å². The van der Waals surface area contributed by atoms with Crippen molar-refractivity contribution >= 4 is 0 Å². The smallest absolute Gasteiger partial charge is 0.0948 e. The van der Waals surface area contributed by atoms with Gasteiger partial charge in [-0.3, -0.25) is 0 Å². The molecule has 0 aliphatic carbocycles. The van der Waals surface area contributed by atoms with E-state index in [0.717, 1.165) is 19.0 Å². The van der Waals surface area contributed by atoms with Crippen molar-refractivity contribution in [1.82, 2.24) is 14.9 Å². The molecule has 1 aromatic rings. The summed E-state index contributed by atoms with van der Waals surface area (Å²) in [5.41, 5.74) is 1.27.